The van der Waals surface area contributed by atoms with E-state index in [0.717, 1.165) is 24.1 Å². The van der Waals surface area contributed by atoms with Crippen molar-refractivity contribution in [2.45, 2.75) is 25.8 Å². The summed E-state index contributed by atoms with van der Waals surface area (Å²) < 4.78 is 0. The second-order valence-electron chi connectivity index (χ2n) is 6.29. The maximum absolute atomic E-state index is 12.8. The van der Waals surface area contributed by atoms with Crippen molar-refractivity contribution >= 4 is 5.91 Å². The maximum atomic E-state index is 12.8. The van der Waals surface area contributed by atoms with Crippen molar-refractivity contribution in [3.8, 4) is 11.3 Å². The Balaban J connectivity index is 1.58. The Labute approximate surface area is 140 Å². The second kappa shape index (κ2) is 5.96. The molecule has 120 valence electrons. The smallest absolute Gasteiger partial charge is 0.255 e. The van der Waals surface area contributed by atoms with Gasteiger partial charge in [-0.3, -0.25) is 9.89 Å². The van der Waals surface area contributed by atoms with Gasteiger partial charge in [0.1, 0.15) is 0 Å². The molecule has 2 aromatic carbocycles. The normalized spacial score (nSPS) is 16.0. The van der Waals surface area contributed by atoms with Crippen LogP contribution in [0.5, 0.6) is 0 Å². The number of hydrogen-bond donors (Lipinski definition) is 2. The summed E-state index contributed by atoms with van der Waals surface area (Å²) in [6.07, 6.45) is 3.56. The molecule has 0 unspecified atom stereocenters. The number of aromatic amines is 1. The Morgan fingerprint density at radius 1 is 1.17 bits per heavy atom. The number of benzene rings is 2. The molecule has 2 N–H and O–H groups in total. The highest BCUT2D eigenvalue weighted by molar-refractivity contribution is 6.00. The highest BCUT2D eigenvalue weighted by Crippen LogP contribution is 2.31. The molecule has 0 bridgehead atoms. The standard InChI is InChI=1S/C20H19N3O/c1-13-6-8-15(9-7-13)19-17(12-21-23-19)20(24)22-18-11-10-14-4-2-3-5-16(14)18/h2-9,12,18H,10-11H2,1H3,(H,21,23)(H,22,24)/t18-/m1/s1. The number of amides is 1. The summed E-state index contributed by atoms with van der Waals surface area (Å²) in [7, 11) is 0. The topological polar surface area (TPSA) is 57.8 Å². The molecule has 0 spiro atoms. The van der Waals surface area contributed by atoms with E-state index in [-0.39, 0.29) is 11.9 Å². The molecule has 3 aromatic rings. The number of nitrogens with one attached hydrogen (secondary N) is 2. The molecule has 1 aromatic heterocycles. The van der Waals surface area contributed by atoms with Crippen LogP contribution in [0.15, 0.2) is 54.7 Å². The fourth-order valence-corrected chi connectivity index (χ4v) is 3.34. The Bertz CT molecular complexity index is 880. The third kappa shape index (κ3) is 2.60. The molecule has 1 aliphatic rings. The van der Waals surface area contributed by atoms with E-state index in [1.54, 1.807) is 6.20 Å². The summed E-state index contributed by atoms with van der Waals surface area (Å²) in [6.45, 7) is 2.04. The minimum absolute atomic E-state index is 0.0782. The third-order valence-electron chi connectivity index (χ3n) is 4.66. The van der Waals surface area contributed by atoms with E-state index >= 15 is 0 Å². The van der Waals surface area contributed by atoms with E-state index in [1.807, 2.05) is 37.3 Å². The molecule has 0 saturated heterocycles. The van der Waals surface area contributed by atoms with E-state index in [9.17, 15) is 4.79 Å². The van der Waals surface area contributed by atoms with E-state index < -0.39 is 0 Å². The lowest BCUT2D eigenvalue weighted by atomic mass is 10.0. The van der Waals surface area contributed by atoms with E-state index in [1.165, 1.54) is 16.7 Å². The van der Waals surface area contributed by atoms with E-state index in [0.29, 0.717) is 5.56 Å². The molecule has 1 aliphatic carbocycles. The van der Waals surface area contributed by atoms with Crippen LogP contribution >= 0.6 is 0 Å². The van der Waals surface area contributed by atoms with Crippen molar-refractivity contribution in [3.05, 3.63) is 77.0 Å². The van der Waals surface area contributed by atoms with Crippen LogP contribution < -0.4 is 5.32 Å². The molecule has 1 amide bonds. The fraction of sp³-hybridized carbons (Fsp3) is 0.200. The number of carbonyl (C=O) groups excluding carboxylic acids is 1. The van der Waals surface area contributed by atoms with E-state index in [4.69, 9.17) is 0 Å². The summed E-state index contributed by atoms with van der Waals surface area (Å²) in [5, 5.41) is 10.2. The number of rotatable bonds is 3. The maximum Gasteiger partial charge on any atom is 0.255 e. The molecule has 4 nitrogen and oxygen atoms in total. The summed E-state index contributed by atoms with van der Waals surface area (Å²) >= 11 is 0. The van der Waals surface area contributed by atoms with Crippen LogP contribution in [0.4, 0.5) is 0 Å². The number of H-pyrrole nitrogens is 1. The van der Waals surface area contributed by atoms with Crippen LogP contribution in [0.2, 0.25) is 0 Å². The molecule has 4 heteroatoms. The van der Waals surface area contributed by atoms with Gasteiger partial charge in [0.15, 0.2) is 0 Å². The van der Waals surface area contributed by atoms with Crippen molar-refractivity contribution in [1.29, 1.82) is 0 Å². The van der Waals surface area contributed by atoms with Crippen LogP contribution in [0.25, 0.3) is 11.3 Å². The van der Waals surface area contributed by atoms with Gasteiger partial charge in [-0.2, -0.15) is 5.10 Å². The predicted octanol–water partition coefficient (Wildman–Crippen LogP) is 3.80. The number of nitrogens with zero attached hydrogens (tertiary/aromatic N) is 1. The first-order valence-corrected chi connectivity index (χ1v) is 8.21. The van der Waals surface area contributed by atoms with Gasteiger partial charge in [0, 0.05) is 5.56 Å². The molecule has 1 atom stereocenters. The molecule has 0 aliphatic heterocycles. The zero-order chi connectivity index (χ0) is 16.5. The molecule has 0 fully saturated rings. The Kier molecular flexibility index (Phi) is 3.65. The lowest BCUT2D eigenvalue weighted by Crippen LogP contribution is -2.27. The van der Waals surface area contributed by atoms with Crippen molar-refractivity contribution in [2.24, 2.45) is 0 Å². The molecular weight excluding hydrogens is 298 g/mol. The Hall–Kier alpha value is -2.88. The zero-order valence-corrected chi connectivity index (χ0v) is 13.5. The number of hydrogen-bond acceptors (Lipinski definition) is 2. The van der Waals surface area contributed by atoms with Gasteiger partial charge in [-0.25, -0.2) is 0 Å². The van der Waals surface area contributed by atoms with Crippen molar-refractivity contribution in [1.82, 2.24) is 15.5 Å². The molecule has 24 heavy (non-hydrogen) atoms. The lowest BCUT2D eigenvalue weighted by Gasteiger charge is -2.14. The second-order valence-corrected chi connectivity index (χ2v) is 6.29. The van der Waals surface area contributed by atoms with Gasteiger partial charge in [-0.1, -0.05) is 54.1 Å². The number of fused-ring (bicyclic) bond motifs is 1. The Morgan fingerprint density at radius 2 is 1.96 bits per heavy atom. The highest BCUT2D eigenvalue weighted by atomic mass is 16.1. The monoisotopic (exact) mass is 317 g/mol. The zero-order valence-electron chi connectivity index (χ0n) is 13.5. The quantitative estimate of drug-likeness (QED) is 0.772. The Morgan fingerprint density at radius 3 is 2.79 bits per heavy atom. The van der Waals surface area contributed by atoms with Crippen LogP contribution in [0.3, 0.4) is 0 Å². The van der Waals surface area contributed by atoms with Crippen LogP contribution in [-0.2, 0) is 6.42 Å². The minimum atomic E-state index is -0.0824. The van der Waals surface area contributed by atoms with Gasteiger partial charge in [0.25, 0.3) is 5.91 Å². The van der Waals surface area contributed by atoms with Gasteiger partial charge in [0.05, 0.1) is 23.5 Å². The lowest BCUT2D eigenvalue weighted by molar-refractivity contribution is 0.0937. The first-order chi connectivity index (χ1) is 11.7. The summed E-state index contributed by atoms with van der Waals surface area (Å²) in [5.74, 6) is -0.0824. The minimum Gasteiger partial charge on any atom is -0.345 e. The SMILES string of the molecule is Cc1ccc(-c2[nH]ncc2C(=O)N[C@@H]2CCc3ccccc32)cc1. The van der Waals surface area contributed by atoms with Crippen LogP contribution in [-0.4, -0.2) is 16.1 Å². The molecule has 4 rings (SSSR count). The van der Waals surface area contributed by atoms with Gasteiger partial charge in [-0.15, -0.1) is 0 Å². The number of aromatic nitrogens is 2. The van der Waals surface area contributed by atoms with E-state index in [2.05, 4.69) is 33.7 Å². The van der Waals surface area contributed by atoms with Gasteiger partial charge < -0.3 is 5.32 Å². The summed E-state index contributed by atoms with van der Waals surface area (Å²) in [6, 6.07) is 16.5. The van der Waals surface area contributed by atoms with Gasteiger partial charge in [-0.05, 0) is 30.9 Å². The molecule has 1 heterocycles. The number of aryl methyl sites for hydroxylation is 2. The first kappa shape index (κ1) is 14.7. The predicted molar refractivity (Wildman–Crippen MR) is 93.7 cm³/mol. The average Bonchev–Trinajstić information content (AvgIpc) is 3.23. The molecular formula is C20H19N3O. The highest BCUT2D eigenvalue weighted by Gasteiger charge is 2.25. The molecule has 0 radical (unpaired) electrons. The van der Waals surface area contributed by atoms with Gasteiger partial charge in [0.2, 0.25) is 0 Å². The van der Waals surface area contributed by atoms with Crippen molar-refractivity contribution in [3.63, 3.8) is 0 Å². The van der Waals surface area contributed by atoms with Crippen molar-refractivity contribution < 1.29 is 4.79 Å². The largest absolute Gasteiger partial charge is 0.345 e. The average molecular weight is 317 g/mol. The fourth-order valence-electron chi connectivity index (χ4n) is 3.34. The van der Waals surface area contributed by atoms with Gasteiger partial charge >= 0.3 is 0 Å². The van der Waals surface area contributed by atoms with Crippen LogP contribution in [0.1, 0.15) is 39.5 Å². The number of carbonyl (C=O) groups is 1. The summed E-state index contributed by atoms with van der Waals surface area (Å²) in [5.41, 5.74) is 6.06. The van der Waals surface area contributed by atoms with Crippen molar-refractivity contribution in [2.75, 3.05) is 0 Å². The summed E-state index contributed by atoms with van der Waals surface area (Å²) in [4.78, 5) is 12.8. The molecule has 0 saturated carbocycles. The van der Waals surface area contributed by atoms with Crippen LogP contribution in [0, 0.1) is 6.92 Å². The first-order valence-electron chi connectivity index (χ1n) is 8.21. The third-order valence-corrected chi connectivity index (χ3v) is 4.66.